The summed E-state index contributed by atoms with van der Waals surface area (Å²) < 4.78 is 0. The van der Waals surface area contributed by atoms with Gasteiger partial charge in [-0.1, -0.05) is 30.2 Å². The fourth-order valence-corrected chi connectivity index (χ4v) is 2.06. The van der Waals surface area contributed by atoms with Gasteiger partial charge in [0.1, 0.15) is 6.29 Å². The van der Waals surface area contributed by atoms with Gasteiger partial charge >= 0.3 is 0 Å². The number of hydrogen-bond donors (Lipinski definition) is 0. The first kappa shape index (κ1) is 11.2. The monoisotopic (exact) mass is 192 g/mol. The zero-order valence-corrected chi connectivity index (χ0v) is 9.25. The summed E-state index contributed by atoms with van der Waals surface area (Å²) in [6.07, 6.45) is 11.0. The molecule has 0 aliphatic heterocycles. The van der Waals surface area contributed by atoms with Gasteiger partial charge in [0.2, 0.25) is 0 Å². The summed E-state index contributed by atoms with van der Waals surface area (Å²) in [5, 5.41) is 0. The first-order valence-corrected chi connectivity index (χ1v) is 5.55. The maximum Gasteiger partial charge on any atom is 0.123 e. The highest BCUT2D eigenvalue weighted by molar-refractivity contribution is 5.54. The molecule has 1 heteroatoms. The molecule has 0 saturated heterocycles. The highest BCUT2D eigenvalue weighted by atomic mass is 16.1. The Morgan fingerprint density at radius 2 is 2.43 bits per heavy atom. The van der Waals surface area contributed by atoms with Crippen molar-refractivity contribution in [2.24, 2.45) is 5.92 Å². The molecule has 14 heavy (non-hydrogen) atoms. The van der Waals surface area contributed by atoms with Crippen LogP contribution in [0, 0.1) is 5.92 Å². The summed E-state index contributed by atoms with van der Waals surface area (Å²) in [5.41, 5.74) is 2.89. The lowest BCUT2D eigenvalue weighted by Crippen LogP contribution is -2.08. The van der Waals surface area contributed by atoms with Crippen molar-refractivity contribution in [3.05, 3.63) is 23.3 Å². The fourth-order valence-electron chi connectivity index (χ4n) is 2.06. The number of hydrogen-bond acceptors (Lipinski definition) is 1. The van der Waals surface area contributed by atoms with Gasteiger partial charge < -0.3 is 4.79 Å². The second kappa shape index (κ2) is 5.79. The molecule has 1 atom stereocenters. The second-order valence-corrected chi connectivity index (χ2v) is 4.18. The Labute approximate surface area is 86.9 Å². The van der Waals surface area contributed by atoms with Gasteiger partial charge in [-0.05, 0) is 39.0 Å². The molecule has 0 aromatic carbocycles. The van der Waals surface area contributed by atoms with Gasteiger partial charge in [-0.3, -0.25) is 0 Å². The predicted molar refractivity (Wildman–Crippen MR) is 60.2 cm³/mol. The van der Waals surface area contributed by atoms with Gasteiger partial charge in [0, 0.05) is 5.92 Å². The van der Waals surface area contributed by atoms with Crippen LogP contribution < -0.4 is 0 Å². The molecule has 0 N–H and O–H groups in total. The highest BCUT2D eigenvalue weighted by Crippen LogP contribution is 2.26. The Morgan fingerprint density at radius 1 is 1.64 bits per heavy atom. The first-order valence-electron chi connectivity index (χ1n) is 5.55. The van der Waals surface area contributed by atoms with Gasteiger partial charge in [0.05, 0.1) is 0 Å². The molecule has 0 aromatic rings. The summed E-state index contributed by atoms with van der Waals surface area (Å²) in [5.74, 6) is 0.282. The van der Waals surface area contributed by atoms with Crippen LogP contribution in [0.15, 0.2) is 23.3 Å². The van der Waals surface area contributed by atoms with Crippen LogP contribution in [0.25, 0.3) is 0 Å². The first-order chi connectivity index (χ1) is 6.76. The molecule has 1 rings (SSSR count). The molecule has 1 aliphatic carbocycles. The minimum absolute atomic E-state index is 0.282. The molecule has 0 bridgehead atoms. The van der Waals surface area contributed by atoms with Crippen LogP contribution in [-0.2, 0) is 4.79 Å². The quantitative estimate of drug-likeness (QED) is 0.491. The van der Waals surface area contributed by atoms with Crippen LogP contribution >= 0.6 is 0 Å². The summed E-state index contributed by atoms with van der Waals surface area (Å²) in [6, 6.07) is 0. The predicted octanol–water partition coefficient (Wildman–Crippen LogP) is 3.66. The van der Waals surface area contributed by atoms with Crippen molar-refractivity contribution in [1.82, 2.24) is 0 Å². The zero-order chi connectivity index (χ0) is 10.4. The molecule has 1 aliphatic rings. The van der Waals surface area contributed by atoms with E-state index < -0.39 is 0 Å². The van der Waals surface area contributed by atoms with Crippen molar-refractivity contribution in [3.63, 3.8) is 0 Å². The minimum Gasteiger partial charge on any atom is -0.303 e. The Hall–Kier alpha value is -0.850. The Kier molecular flexibility index (Phi) is 4.64. The number of allylic oxidation sites excluding steroid dienone is 4. The largest absolute Gasteiger partial charge is 0.303 e. The molecule has 1 unspecified atom stereocenters. The van der Waals surface area contributed by atoms with Crippen molar-refractivity contribution in [3.8, 4) is 0 Å². The highest BCUT2D eigenvalue weighted by Gasteiger charge is 2.14. The Bertz CT molecular complexity index is 248. The van der Waals surface area contributed by atoms with Crippen molar-refractivity contribution >= 4 is 6.29 Å². The van der Waals surface area contributed by atoms with Crippen LogP contribution in [0.1, 0.15) is 46.0 Å². The van der Waals surface area contributed by atoms with Crippen LogP contribution in [0.4, 0.5) is 0 Å². The van der Waals surface area contributed by atoms with E-state index in [1.54, 1.807) is 0 Å². The molecule has 0 radical (unpaired) electrons. The fraction of sp³-hybridized carbons (Fsp3) is 0.615. The third kappa shape index (κ3) is 3.49. The van der Waals surface area contributed by atoms with E-state index in [9.17, 15) is 4.79 Å². The van der Waals surface area contributed by atoms with E-state index >= 15 is 0 Å². The maximum atomic E-state index is 10.7. The standard InChI is InChI=1S/C13H20O/c1-3-5-11(2)8-12-6-4-7-13(9-12)10-14/h5-6,10,13H,3-4,7-9H2,1-2H3/b11-5+. The summed E-state index contributed by atoms with van der Waals surface area (Å²) in [6.45, 7) is 4.34. The number of carbonyl (C=O) groups is 1. The van der Waals surface area contributed by atoms with Crippen molar-refractivity contribution in [2.75, 3.05) is 0 Å². The van der Waals surface area contributed by atoms with Crippen LogP contribution in [0.5, 0.6) is 0 Å². The smallest absolute Gasteiger partial charge is 0.123 e. The van der Waals surface area contributed by atoms with E-state index in [1.165, 1.54) is 11.1 Å². The molecule has 0 spiro atoms. The molecule has 0 fully saturated rings. The SMILES string of the molecule is CC/C=C(\C)CC1=CCCC(C=O)C1. The molecule has 1 nitrogen and oxygen atoms in total. The van der Waals surface area contributed by atoms with Crippen LogP contribution in [0.3, 0.4) is 0 Å². The molecule has 0 aromatic heterocycles. The summed E-state index contributed by atoms with van der Waals surface area (Å²) in [7, 11) is 0. The molecular weight excluding hydrogens is 172 g/mol. The van der Waals surface area contributed by atoms with E-state index in [4.69, 9.17) is 0 Å². The van der Waals surface area contributed by atoms with Crippen LogP contribution in [-0.4, -0.2) is 6.29 Å². The average Bonchev–Trinajstić information content (AvgIpc) is 2.18. The molecular formula is C13H20O. The third-order valence-corrected chi connectivity index (χ3v) is 2.75. The van der Waals surface area contributed by atoms with Gasteiger partial charge in [0.15, 0.2) is 0 Å². The molecule has 0 heterocycles. The van der Waals surface area contributed by atoms with E-state index in [0.717, 1.165) is 38.4 Å². The molecule has 78 valence electrons. The lowest BCUT2D eigenvalue weighted by molar-refractivity contribution is -0.111. The van der Waals surface area contributed by atoms with Crippen molar-refractivity contribution < 1.29 is 4.79 Å². The second-order valence-electron chi connectivity index (χ2n) is 4.18. The number of rotatable bonds is 4. The zero-order valence-electron chi connectivity index (χ0n) is 9.25. The summed E-state index contributed by atoms with van der Waals surface area (Å²) in [4.78, 5) is 10.7. The van der Waals surface area contributed by atoms with E-state index in [2.05, 4.69) is 26.0 Å². The summed E-state index contributed by atoms with van der Waals surface area (Å²) >= 11 is 0. The lowest BCUT2D eigenvalue weighted by Gasteiger charge is -2.18. The van der Waals surface area contributed by atoms with Crippen molar-refractivity contribution in [2.45, 2.75) is 46.0 Å². The van der Waals surface area contributed by atoms with E-state index in [1.807, 2.05) is 0 Å². The van der Waals surface area contributed by atoms with Crippen molar-refractivity contribution in [1.29, 1.82) is 0 Å². The third-order valence-electron chi connectivity index (χ3n) is 2.75. The molecule has 0 amide bonds. The normalized spacial score (nSPS) is 23.1. The number of carbonyl (C=O) groups excluding carboxylic acids is 1. The Balaban J connectivity index is 2.48. The average molecular weight is 192 g/mol. The van der Waals surface area contributed by atoms with E-state index in [-0.39, 0.29) is 5.92 Å². The topological polar surface area (TPSA) is 17.1 Å². The Morgan fingerprint density at radius 3 is 3.07 bits per heavy atom. The van der Waals surface area contributed by atoms with Gasteiger partial charge in [-0.25, -0.2) is 0 Å². The lowest BCUT2D eigenvalue weighted by atomic mass is 9.87. The van der Waals surface area contributed by atoms with Gasteiger partial charge in [-0.15, -0.1) is 0 Å². The molecule has 0 saturated carbocycles. The van der Waals surface area contributed by atoms with Gasteiger partial charge in [-0.2, -0.15) is 0 Å². The van der Waals surface area contributed by atoms with E-state index in [0.29, 0.717) is 0 Å². The minimum atomic E-state index is 0.282. The van der Waals surface area contributed by atoms with Gasteiger partial charge in [0.25, 0.3) is 0 Å². The maximum absolute atomic E-state index is 10.7. The van der Waals surface area contributed by atoms with Crippen LogP contribution in [0.2, 0.25) is 0 Å². The number of aldehydes is 1.